The zero-order valence-electron chi connectivity index (χ0n) is 22.4. The lowest BCUT2D eigenvalue weighted by Crippen LogP contribution is -2.60. The third kappa shape index (κ3) is 8.10. The van der Waals surface area contributed by atoms with E-state index >= 15 is 0 Å². The number of hydrogen-bond acceptors (Lipinski definition) is 5. The molecule has 1 heterocycles. The van der Waals surface area contributed by atoms with Gasteiger partial charge < -0.3 is 24.7 Å². The van der Waals surface area contributed by atoms with Crippen LogP contribution in [0.5, 0.6) is 0 Å². The molecule has 0 bridgehead atoms. The lowest BCUT2D eigenvalue weighted by molar-refractivity contribution is -0.266. The van der Waals surface area contributed by atoms with E-state index in [1.54, 1.807) is 0 Å². The summed E-state index contributed by atoms with van der Waals surface area (Å²) in [5.41, 5.74) is 9.35. The predicted molar refractivity (Wildman–Crippen MR) is 151 cm³/mol. The second kappa shape index (κ2) is 15.0. The standard InChI is InChI=1S/C33H41NO4/c1-3-13-29-31(35-22-26-14-7-4-8-15-26)33(37-24-28-18-11-6-12-19-28)32(30(38-29)20-25(2)21-34)36-23-27-16-9-5-10-17-27/h3-12,14-19,25,29-33H,1,13,20-24,34H2,2H3. The second-order valence-corrected chi connectivity index (χ2v) is 10.1. The third-order valence-electron chi connectivity index (χ3n) is 7.02. The first-order valence-electron chi connectivity index (χ1n) is 13.6. The monoisotopic (exact) mass is 515 g/mol. The van der Waals surface area contributed by atoms with Crippen LogP contribution >= 0.6 is 0 Å². The molecule has 1 aliphatic rings. The fraction of sp³-hybridized carbons (Fsp3) is 0.394. The summed E-state index contributed by atoms with van der Waals surface area (Å²) in [4.78, 5) is 0. The summed E-state index contributed by atoms with van der Waals surface area (Å²) in [6.07, 6.45) is 1.95. The van der Waals surface area contributed by atoms with Gasteiger partial charge in [0.15, 0.2) is 0 Å². The van der Waals surface area contributed by atoms with Gasteiger partial charge in [-0.05, 0) is 42.0 Å². The smallest absolute Gasteiger partial charge is 0.115 e. The Morgan fingerprint density at radius 3 is 1.55 bits per heavy atom. The largest absolute Gasteiger partial charge is 0.369 e. The van der Waals surface area contributed by atoms with Gasteiger partial charge in [0.25, 0.3) is 0 Å². The molecule has 0 aromatic heterocycles. The Kier molecular flexibility index (Phi) is 11.1. The van der Waals surface area contributed by atoms with Crippen LogP contribution in [0.4, 0.5) is 0 Å². The summed E-state index contributed by atoms with van der Waals surface area (Å²) in [6, 6.07) is 30.6. The predicted octanol–water partition coefficient (Wildman–Crippen LogP) is 6.07. The van der Waals surface area contributed by atoms with Gasteiger partial charge in [-0.25, -0.2) is 0 Å². The zero-order valence-corrected chi connectivity index (χ0v) is 22.4. The molecule has 202 valence electrons. The minimum atomic E-state index is -0.337. The molecule has 6 atom stereocenters. The zero-order chi connectivity index (χ0) is 26.6. The van der Waals surface area contributed by atoms with Crippen LogP contribution in [0.1, 0.15) is 36.5 Å². The Morgan fingerprint density at radius 2 is 1.13 bits per heavy atom. The molecule has 4 rings (SSSR count). The molecular weight excluding hydrogens is 474 g/mol. The van der Waals surface area contributed by atoms with Crippen LogP contribution in [0.15, 0.2) is 104 Å². The Bertz CT molecular complexity index is 1060. The van der Waals surface area contributed by atoms with E-state index in [1.165, 1.54) is 0 Å². The first-order chi connectivity index (χ1) is 18.7. The van der Waals surface area contributed by atoms with Crippen LogP contribution in [0.2, 0.25) is 0 Å². The fourth-order valence-corrected chi connectivity index (χ4v) is 4.92. The minimum absolute atomic E-state index is 0.181. The summed E-state index contributed by atoms with van der Waals surface area (Å²) in [5, 5.41) is 0. The van der Waals surface area contributed by atoms with Crippen LogP contribution in [0.25, 0.3) is 0 Å². The van der Waals surface area contributed by atoms with Crippen LogP contribution in [-0.2, 0) is 38.8 Å². The van der Waals surface area contributed by atoms with Crippen molar-refractivity contribution in [3.63, 3.8) is 0 Å². The summed E-state index contributed by atoms with van der Waals surface area (Å²) < 4.78 is 26.7. The van der Waals surface area contributed by atoms with Crippen LogP contribution < -0.4 is 5.73 Å². The lowest BCUT2D eigenvalue weighted by Gasteiger charge is -2.47. The van der Waals surface area contributed by atoms with Crippen molar-refractivity contribution >= 4 is 0 Å². The van der Waals surface area contributed by atoms with Crippen LogP contribution in [0, 0.1) is 5.92 Å². The number of benzene rings is 3. The second-order valence-electron chi connectivity index (χ2n) is 10.1. The van der Waals surface area contributed by atoms with Crippen molar-refractivity contribution in [2.75, 3.05) is 6.54 Å². The maximum Gasteiger partial charge on any atom is 0.115 e. The van der Waals surface area contributed by atoms with Crippen molar-refractivity contribution in [1.29, 1.82) is 0 Å². The highest BCUT2D eigenvalue weighted by Gasteiger charge is 2.48. The summed E-state index contributed by atoms with van der Waals surface area (Å²) >= 11 is 0. The van der Waals surface area contributed by atoms with Gasteiger partial charge in [-0.15, -0.1) is 6.58 Å². The molecule has 2 N–H and O–H groups in total. The van der Waals surface area contributed by atoms with Gasteiger partial charge in [-0.2, -0.15) is 0 Å². The molecule has 1 aliphatic heterocycles. The van der Waals surface area contributed by atoms with Gasteiger partial charge in [0, 0.05) is 0 Å². The Labute approximate surface area is 227 Å². The molecule has 5 heteroatoms. The van der Waals surface area contributed by atoms with Crippen molar-refractivity contribution < 1.29 is 18.9 Å². The highest BCUT2D eigenvalue weighted by Crippen LogP contribution is 2.34. The van der Waals surface area contributed by atoms with Crippen LogP contribution in [-0.4, -0.2) is 37.1 Å². The first kappa shape index (κ1) is 28.2. The number of hydrogen-bond donors (Lipinski definition) is 1. The quantitative estimate of drug-likeness (QED) is 0.264. The molecule has 0 aliphatic carbocycles. The topological polar surface area (TPSA) is 62.9 Å². The molecule has 0 spiro atoms. The maximum atomic E-state index is 6.73. The van der Waals surface area contributed by atoms with Gasteiger partial charge in [0.05, 0.1) is 32.0 Å². The average molecular weight is 516 g/mol. The summed E-state index contributed by atoms with van der Waals surface area (Å²) in [5.74, 6) is 0.281. The summed E-state index contributed by atoms with van der Waals surface area (Å²) in [7, 11) is 0. The molecular formula is C33H41NO4. The molecule has 1 saturated heterocycles. The molecule has 1 fully saturated rings. The molecule has 5 nitrogen and oxygen atoms in total. The van der Waals surface area contributed by atoms with E-state index in [9.17, 15) is 0 Å². The number of ether oxygens (including phenoxy) is 4. The average Bonchev–Trinajstić information content (AvgIpc) is 2.96. The van der Waals surface area contributed by atoms with E-state index in [4.69, 9.17) is 24.7 Å². The van der Waals surface area contributed by atoms with Gasteiger partial charge in [-0.1, -0.05) is 104 Å². The molecule has 0 radical (unpaired) electrons. The van der Waals surface area contributed by atoms with Crippen molar-refractivity contribution in [1.82, 2.24) is 0 Å². The van der Waals surface area contributed by atoms with Crippen molar-refractivity contribution in [3.8, 4) is 0 Å². The first-order valence-corrected chi connectivity index (χ1v) is 13.6. The highest BCUT2D eigenvalue weighted by atomic mass is 16.6. The van der Waals surface area contributed by atoms with Gasteiger partial charge in [0.1, 0.15) is 18.3 Å². The van der Waals surface area contributed by atoms with Gasteiger partial charge >= 0.3 is 0 Å². The van der Waals surface area contributed by atoms with E-state index in [-0.39, 0.29) is 36.4 Å². The van der Waals surface area contributed by atoms with E-state index in [0.29, 0.717) is 32.8 Å². The molecule has 0 amide bonds. The van der Waals surface area contributed by atoms with Gasteiger partial charge in [0.2, 0.25) is 0 Å². The van der Waals surface area contributed by atoms with E-state index < -0.39 is 0 Å². The van der Waals surface area contributed by atoms with E-state index in [2.05, 4.69) is 49.9 Å². The van der Waals surface area contributed by atoms with Crippen molar-refractivity contribution in [2.45, 2.75) is 70.1 Å². The highest BCUT2D eigenvalue weighted by molar-refractivity contribution is 5.16. The lowest BCUT2D eigenvalue weighted by atomic mass is 9.88. The molecule has 3 aromatic carbocycles. The van der Waals surface area contributed by atoms with Crippen LogP contribution in [0.3, 0.4) is 0 Å². The normalized spacial score (nSPS) is 24.1. The SMILES string of the molecule is C=CCC1OC(CC(C)CN)C(OCc2ccccc2)C(OCc2ccccc2)C1OCc1ccccc1. The third-order valence-corrected chi connectivity index (χ3v) is 7.02. The minimum Gasteiger partial charge on any atom is -0.369 e. The number of rotatable bonds is 14. The Balaban J connectivity index is 1.63. The molecule has 3 aromatic rings. The Morgan fingerprint density at radius 1 is 0.711 bits per heavy atom. The maximum absolute atomic E-state index is 6.73. The molecule has 0 saturated carbocycles. The fourth-order valence-electron chi connectivity index (χ4n) is 4.92. The Hall–Kier alpha value is -2.80. The van der Waals surface area contributed by atoms with E-state index in [1.807, 2.05) is 60.7 Å². The number of nitrogens with two attached hydrogens (primary N) is 1. The van der Waals surface area contributed by atoms with E-state index in [0.717, 1.165) is 23.1 Å². The summed E-state index contributed by atoms with van der Waals surface area (Å²) in [6.45, 7) is 8.12. The van der Waals surface area contributed by atoms with Gasteiger partial charge in [-0.3, -0.25) is 0 Å². The van der Waals surface area contributed by atoms with Crippen molar-refractivity contribution in [3.05, 3.63) is 120 Å². The molecule has 6 unspecified atom stereocenters. The molecule has 38 heavy (non-hydrogen) atoms. The van der Waals surface area contributed by atoms with Crippen molar-refractivity contribution in [2.24, 2.45) is 11.7 Å².